The molecule has 126 valence electrons. The minimum Gasteiger partial charge on any atom is -0.324 e. The molecule has 0 amide bonds. The van der Waals surface area contributed by atoms with Crippen LogP contribution in [0.25, 0.3) is 22.4 Å². The van der Waals surface area contributed by atoms with Crippen molar-refractivity contribution in [1.29, 1.82) is 0 Å². The van der Waals surface area contributed by atoms with Crippen molar-refractivity contribution < 1.29 is 13.2 Å². The first-order valence-electron chi connectivity index (χ1n) is 7.90. The maximum Gasteiger partial charge on any atom is 0.416 e. The Morgan fingerprint density at radius 2 is 1.71 bits per heavy atom. The smallest absolute Gasteiger partial charge is 0.324 e. The van der Waals surface area contributed by atoms with Crippen LogP contribution in [0.1, 0.15) is 25.0 Å². The molecule has 1 aromatic heterocycles. The van der Waals surface area contributed by atoms with Crippen LogP contribution in [0.5, 0.6) is 0 Å². The molecule has 3 aromatic rings. The van der Waals surface area contributed by atoms with Gasteiger partial charge in [0.15, 0.2) is 0 Å². The summed E-state index contributed by atoms with van der Waals surface area (Å²) in [6.45, 7) is 6.85. The van der Waals surface area contributed by atoms with Gasteiger partial charge in [0.2, 0.25) is 0 Å². The SMILES string of the molecule is Cc1ccc(-c2nc3cc(C(F)(F)F)ccc3n2CC(C)C)cc1. The first-order valence-corrected chi connectivity index (χ1v) is 7.90. The van der Waals surface area contributed by atoms with E-state index in [1.54, 1.807) is 0 Å². The molecule has 5 heteroatoms. The van der Waals surface area contributed by atoms with Crippen molar-refractivity contribution in [2.24, 2.45) is 5.92 Å². The van der Waals surface area contributed by atoms with Crippen molar-refractivity contribution in [2.45, 2.75) is 33.5 Å². The highest BCUT2D eigenvalue weighted by atomic mass is 19.4. The molecule has 0 N–H and O–H groups in total. The summed E-state index contributed by atoms with van der Waals surface area (Å²) in [4.78, 5) is 4.50. The molecule has 3 rings (SSSR count). The summed E-state index contributed by atoms with van der Waals surface area (Å²) < 4.78 is 40.9. The summed E-state index contributed by atoms with van der Waals surface area (Å²) in [6.07, 6.45) is -4.36. The first kappa shape index (κ1) is 16.6. The van der Waals surface area contributed by atoms with Crippen LogP contribution in [0.4, 0.5) is 13.2 Å². The van der Waals surface area contributed by atoms with Crippen LogP contribution in [0, 0.1) is 12.8 Å². The fraction of sp³-hybridized carbons (Fsp3) is 0.316. The normalized spacial score (nSPS) is 12.3. The van der Waals surface area contributed by atoms with Gasteiger partial charge in [0.05, 0.1) is 16.6 Å². The van der Waals surface area contributed by atoms with Crippen LogP contribution in [-0.4, -0.2) is 9.55 Å². The number of halogens is 3. The zero-order valence-electron chi connectivity index (χ0n) is 13.9. The fourth-order valence-corrected chi connectivity index (χ4v) is 2.78. The number of hydrogen-bond donors (Lipinski definition) is 0. The van der Waals surface area contributed by atoms with Gasteiger partial charge in [-0.25, -0.2) is 4.98 Å². The van der Waals surface area contributed by atoms with E-state index in [9.17, 15) is 13.2 Å². The lowest BCUT2D eigenvalue weighted by Crippen LogP contribution is -2.07. The molecule has 0 fully saturated rings. The lowest BCUT2D eigenvalue weighted by atomic mass is 10.1. The Hall–Kier alpha value is -2.30. The topological polar surface area (TPSA) is 17.8 Å². The average Bonchev–Trinajstić information content (AvgIpc) is 2.84. The monoisotopic (exact) mass is 332 g/mol. The lowest BCUT2D eigenvalue weighted by Gasteiger charge is -2.12. The molecule has 0 spiro atoms. The molecule has 0 atom stereocenters. The second-order valence-corrected chi connectivity index (χ2v) is 6.51. The third kappa shape index (κ3) is 3.16. The quantitative estimate of drug-likeness (QED) is 0.603. The highest BCUT2D eigenvalue weighted by Gasteiger charge is 2.31. The lowest BCUT2D eigenvalue weighted by molar-refractivity contribution is -0.137. The zero-order chi connectivity index (χ0) is 17.5. The summed E-state index contributed by atoms with van der Waals surface area (Å²) in [5.41, 5.74) is 2.48. The minimum absolute atomic E-state index is 0.355. The largest absolute Gasteiger partial charge is 0.416 e. The van der Waals surface area contributed by atoms with E-state index in [2.05, 4.69) is 18.8 Å². The molecule has 0 aliphatic rings. The van der Waals surface area contributed by atoms with Crippen LogP contribution < -0.4 is 0 Å². The Morgan fingerprint density at radius 3 is 2.29 bits per heavy atom. The van der Waals surface area contributed by atoms with E-state index in [1.165, 1.54) is 6.07 Å². The maximum absolute atomic E-state index is 13.0. The Bertz CT molecular complexity index is 859. The van der Waals surface area contributed by atoms with Gasteiger partial charge < -0.3 is 4.57 Å². The van der Waals surface area contributed by atoms with Crippen molar-refractivity contribution in [3.63, 3.8) is 0 Å². The minimum atomic E-state index is -4.36. The summed E-state index contributed by atoms with van der Waals surface area (Å²) in [6, 6.07) is 11.6. The molecule has 0 saturated heterocycles. The van der Waals surface area contributed by atoms with Gasteiger partial charge in [-0.05, 0) is 31.0 Å². The van der Waals surface area contributed by atoms with Crippen LogP contribution >= 0.6 is 0 Å². The Morgan fingerprint density at radius 1 is 1.04 bits per heavy atom. The molecule has 0 unspecified atom stereocenters. The molecule has 2 aromatic carbocycles. The second-order valence-electron chi connectivity index (χ2n) is 6.51. The summed E-state index contributed by atoms with van der Waals surface area (Å²) in [5, 5.41) is 0. The third-order valence-electron chi connectivity index (χ3n) is 3.93. The van der Waals surface area contributed by atoms with E-state index in [4.69, 9.17) is 0 Å². The van der Waals surface area contributed by atoms with Crippen LogP contribution in [0.15, 0.2) is 42.5 Å². The maximum atomic E-state index is 13.0. The summed E-state index contributed by atoms with van der Waals surface area (Å²) >= 11 is 0. The van der Waals surface area contributed by atoms with E-state index >= 15 is 0 Å². The van der Waals surface area contributed by atoms with Gasteiger partial charge in [-0.3, -0.25) is 0 Å². The van der Waals surface area contributed by atoms with E-state index in [1.807, 2.05) is 35.8 Å². The van der Waals surface area contributed by atoms with Gasteiger partial charge >= 0.3 is 6.18 Å². The molecule has 0 saturated carbocycles. The van der Waals surface area contributed by atoms with Crippen molar-refractivity contribution in [3.8, 4) is 11.4 Å². The Kier molecular flexibility index (Phi) is 4.11. The number of hydrogen-bond acceptors (Lipinski definition) is 1. The molecule has 0 bridgehead atoms. The number of aromatic nitrogens is 2. The number of nitrogens with zero attached hydrogens (tertiary/aromatic N) is 2. The number of rotatable bonds is 3. The second kappa shape index (κ2) is 5.96. The zero-order valence-corrected chi connectivity index (χ0v) is 13.9. The van der Waals surface area contributed by atoms with Crippen molar-refractivity contribution in [3.05, 3.63) is 53.6 Å². The number of aryl methyl sites for hydroxylation is 1. The fourth-order valence-electron chi connectivity index (χ4n) is 2.78. The molecule has 0 aliphatic heterocycles. The highest BCUT2D eigenvalue weighted by molar-refractivity contribution is 5.81. The van der Waals surface area contributed by atoms with Gasteiger partial charge in [-0.2, -0.15) is 13.2 Å². The average molecular weight is 332 g/mol. The standard InChI is InChI=1S/C19H19F3N2/c1-12(2)11-24-17-9-8-15(19(20,21)22)10-16(17)23-18(24)14-6-4-13(3)5-7-14/h4-10,12H,11H2,1-3H3. The van der Waals surface area contributed by atoms with Crippen LogP contribution in [-0.2, 0) is 12.7 Å². The highest BCUT2D eigenvalue weighted by Crippen LogP contribution is 2.33. The van der Waals surface area contributed by atoms with Crippen LogP contribution in [0.2, 0.25) is 0 Å². The third-order valence-corrected chi connectivity index (χ3v) is 3.93. The van der Waals surface area contributed by atoms with E-state index < -0.39 is 11.7 Å². The summed E-state index contributed by atoms with van der Waals surface area (Å²) in [5.74, 6) is 1.06. The molecular formula is C19H19F3N2. The van der Waals surface area contributed by atoms with Crippen molar-refractivity contribution in [1.82, 2.24) is 9.55 Å². The number of fused-ring (bicyclic) bond motifs is 1. The molecule has 24 heavy (non-hydrogen) atoms. The van der Waals surface area contributed by atoms with Gasteiger partial charge in [0, 0.05) is 12.1 Å². The molecule has 0 aliphatic carbocycles. The molecule has 2 nitrogen and oxygen atoms in total. The molecular weight excluding hydrogens is 313 g/mol. The Labute approximate surface area is 138 Å². The number of alkyl halides is 3. The van der Waals surface area contributed by atoms with Gasteiger partial charge in [-0.15, -0.1) is 0 Å². The molecule has 0 radical (unpaired) electrons. The van der Waals surface area contributed by atoms with Gasteiger partial charge in [0.1, 0.15) is 5.82 Å². The van der Waals surface area contributed by atoms with Gasteiger partial charge in [0.25, 0.3) is 0 Å². The van der Waals surface area contributed by atoms with E-state index in [0.717, 1.165) is 28.8 Å². The molecule has 1 heterocycles. The van der Waals surface area contributed by atoms with Gasteiger partial charge in [-0.1, -0.05) is 43.7 Å². The first-order chi connectivity index (χ1) is 11.3. The van der Waals surface area contributed by atoms with Crippen molar-refractivity contribution in [2.75, 3.05) is 0 Å². The number of imidazole rings is 1. The summed E-state index contributed by atoms with van der Waals surface area (Å²) in [7, 11) is 0. The van der Waals surface area contributed by atoms with Crippen molar-refractivity contribution >= 4 is 11.0 Å². The Balaban J connectivity index is 2.21. The van der Waals surface area contributed by atoms with E-state index in [0.29, 0.717) is 23.8 Å². The van der Waals surface area contributed by atoms with E-state index in [-0.39, 0.29) is 0 Å². The van der Waals surface area contributed by atoms with Crippen LogP contribution in [0.3, 0.4) is 0 Å². The predicted octanol–water partition coefficient (Wildman–Crippen LogP) is 5.69. The predicted molar refractivity (Wildman–Crippen MR) is 89.7 cm³/mol. The number of benzene rings is 2.